The number of aryl methyl sites for hydroxylation is 1. The summed E-state index contributed by atoms with van der Waals surface area (Å²) >= 11 is 0. The van der Waals surface area contributed by atoms with E-state index in [2.05, 4.69) is 27.2 Å². The summed E-state index contributed by atoms with van der Waals surface area (Å²) in [6.07, 6.45) is 5.53. The molecule has 0 aliphatic heterocycles. The normalized spacial score (nSPS) is 22.9. The third-order valence-corrected chi connectivity index (χ3v) is 3.41. The largest absolute Gasteiger partial charge is 0.396 e. The fraction of sp³-hybridized carbons (Fsp3) is 0.500. The molecule has 1 fully saturated rings. The number of aromatic amines is 1. The molecule has 0 aromatic carbocycles. The fourth-order valence-corrected chi connectivity index (χ4v) is 2.22. The third-order valence-electron chi connectivity index (χ3n) is 3.41. The molecule has 90 valence electrons. The SMILES string of the molecule is CCc1c[nH]c2ncnc(N[C@@H]3C[C@H]3CO)c12. The van der Waals surface area contributed by atoms with Gasteiger partial charge in [-0.25, -0.2) is 9.97 Å². The minimum absolute atomic E-state index is 0.250. The average Bonchev–Trinajstić information content (AvgIpc) is 2.97. The lowest BCUT2D eigenvalue weighted by Gasteiger charge is -2.06. The van der Waals surface area contributed by atoms with Gasteiger partial charge in [0, 0.05) is 24.8 Å². The molecule has 1 saturated carbocycles. The Labute approximate surface area is 99.3 Å². The highest BCUT2D eigenvalue weighted by Crippen LogP contribution is 2.34. The van der Waals surface area contributed by atoms with Crippen LogP contribution < -0.4 is 5.32 Å². The van der Waals surface area contributed by atoms with E-state index in [9.17, 15) is 0 Å². The predicted molar refractivity (Wildman–Crippen MR) is 65.9 cm³/mol. The molecule has 0 unspecified atom stereocenters. The van der Waals surface area contributed by atoms with Crippen LogP contribution in [0.4, 0.5) is 5.82 Å². The fourth-order valence-electron chi connectivity index (χ4n) is 2.22. The molecule has 1 aliphatic rings. The van der Waals surface area contributed by atoms with E-state index in [1.165, 1.54) is 5.56 Å². The first-order valence-corrected chi connectivity index (χ1v) is 6.01. The molecule has 0 saturated heterocycles. The van der Waals surface area contributed by atoms with Crippen LogP contribution in [0.25, 0.3) is 11.0 Å². The Balaban J connectivity index is 1.95. The number of aliphatic hydroxyl groups is 1. The van der Waals surface area contributed by atoms with Crippen LogP contribution in [0.2, 0.25) is 0 Å². The van der Waals surface area contributed by atoms with Crippen molar-refractivity contribution in [3.63, 3.8) is 0 Å². The molecule has 2 heterocycles. The summed E-state index contributed by atoms with van der Waals surface area (Å²) < 4.78 is 0. The monoisotopic (exact) mass is 232 g/mol. The average molecular weight is 232 g/mol. The Kier molecular flexibility index (Phi) is 2.48. The highest BCUT2D eigenvalue weighted by atomic mass is 16.3. The van der Waals surface area contributed by atoms with Gasteiger partial charge in [0.15, 0.2) is 0 Å². The highest BCUT2D eigenvalue weighted by Gasteiger charge is 2.37. The summed E-state index contributed by atoms with van der Waals surface area (Å²) in [4.78, 5) is 11.7. The summed E-state index contributed by atoms with van der Waals surface area (Å²) in [5, 5.41) is 13.5. The van der Waals surface area contributed by atoms with Crippen molar-refractivity contribution in [2.75, 3.05) is 11.9 Å². The van der Waals surface area contributed by atoms with Gasteiger partial charge in [-0.1, -0.05) is 6.92 Å². The summed E-state index contributed by atoms with van der Waals surface area (Å²) in [5.41, 5.74) is 2.10. The van der Waals surface area contributed by atoms with Crippen molar-refractivity contribution in [3.05, 3.63) is 18.1 Å². The number of aromatic nitrogens is 3. The minimum atomic E-state index is 0.250. The van der Waals surface area contributed by atoms with Gasteiger partial charge in [-0.3, -0.25) is 0 Å². The number of nitrogens with one attached hydrogen (secondary N) is 2. The first-order valence-electron chi connectivity index (χ1n) is 6.01. The van der Waals surface area contributed by atoms with E-state index < -0.39 is 0 Å². The first kappa shape index (κ1) is 10.5. The van der Waals surface area contributed by atoms with Crippen LogP contribution >= 0.6 is 0 Å². The number of aliphatic hydroxyl groups excluding tert-OH is 1. The van der Waals surface area contributed by atoms with Gasteiger partial charge >= 0.3 is 0 Å². The molecule has 5 nitrogen and oxygen atoms in total. The van der Waals surface area contributed by atoms with E-state index in [0.29, 0.717) is 12.0 Å². The molecule has 3 N–H and O–H groups in total. The van der Waals surface area contributed by atoms with Crippen LogP contribution in [0.15, 0.2) is 12.5 Å². The van der Waals surface area contributed by atoms with Crippen molar-refractivity contribution in [1.29, 1.82) is 0 Å². The van der Waals surface area contributed by atoms with Crippen LogP contribution in [0.3, 0.4) is 0 Å². The maximum Gasteiger partial charge on any atom is 0.143 e. The molecule has 2 aromatic heterocycles. The van der Waals surface area contributed by atoms with E-state index in [-0.39, 0.29) is 6.61 Å². The highest BCUT2D eigenvalue weighted by molar-refractivity contribution is 5.90. The van der Waals surface area contributed by atoms with Gasteiger partial charge in [-0.05, 0) is 18.4 Å². The molecule has 1 aliphatic carbocycles. The molecule has 0 bridgehead atoms. The lowest BCUT2D eigenvalue weighted by atomic mass is 10.2. The van der Waals surface area contributed by atoms with Gasteiger partial charge in [-0.2, -0.15) is 0 Å². The standard InChI is InChI=1S/C12H16N4O/c1-2-7-4-13-11-10(7)12(15-6-14-11)16-9-3-8(9)5-17/h4,6,8-9,17H,2-3,5H2,1H3,(H2,13,14,15,16)/t8-,9+/m0/s1. The van der Waals surface area contributed by atoms with Crippen LogP contribution in [-0.2, 0) is 6.42 Å². The molecule has 3 rings (SSSR count). The summed E-state index contributed by atoms with van der Waals surface area (Å²) in [7, 11) is 0. The predicted octanol–water partition coefficient (Wildman–Crippen LogP) is 1.31. The number of H-pyrrole nitrogens is 1. The first-order chi connectivity index (χ1) is 8.33. The molecule has 2 aromatic rings. The number of hydrogen-bond acceptors (Lipinski definition) is 4. The number of nitrogens with zero attached hydrogens (tertiary/aromatic N) is 2. The van der Waals surface area contributed by atoms with E-state index in [0.717, 1.165) is 29.7 Å². The van der Waals surface area contributed by atoms with E-state index in [4.69, 9.17) is 5.11 Å². The van der Waals surface area contributed by atoms with E-state index in [1.807, 2.05) is 6.20 Å². The second-order valence-corrected chi connectivity index (χ2v) is 4.54. The Morgan fingerprint density at radius 1 is 1.53 bits per heavy atom. The second kappa shape index (κ2) is 4.00. The molecular formula is C12H16N4O. The van der Waals surface area contributed by atoms with Gasteiger partial charge < -0.3 is 15.4 Å². The number of anilines is 1. The molecule has 5 heteroatoms. The van der Waals surface area contributed by atoms with Crippen molar-refractivity contribution in [1.82, 2.24) is 15.0 Å². The zero-order valence-electron chi connectivity index (χ0n) is 9.77. The lowest BCUT2D eigenvalue weighted by molar-refractivity contribution is 0.275. The van der Waals surface area contributed by atoms with Crippen molar-refractivity contribution in [2.24, 2.45) is 5.92 Å². The number of hydrogen-bond donors (Lipinski definition) is 3. The van der Waals surface area contributed by atoms with E-state index in [1.54, 1.807) is 6.33 Å². The number of fused-ring (bicyclic) bond motifs is 1. The smallest absolute Gasteiger partial charge is 0.143 e. The van der Waals surface area contributed by atoms with Crippen molar-refractivity contribution in [2.45, 2.75) is 25.8 Å². The van der Waals surface area contributed by atoms with Gasteiger partial charge in [0.25, 0.3) is 0 Å². The Morgan fingerprint density at radius 3 is 3.12 bits per heavy atom. The van der Waals surface area contributed by atoms with Crippen molar-refractivity contribution in [3.8, 4) is 0 Å². The van der Waals surface area contributed by atoms with Gasteiger partial charge in [0.2, 0.25) is 0 Å². The maximum absolute atomic E-state index is 9.05. The summed E-state index contributed by atoms with van der Waals surface area (Å²) in [6.45, 7) is 2.37. The zero-order chi connectivity index (χ0) is 11.8. The Bertz CT molecular complexity index is 536. The summed E-state index contributed by atoms with van der Waals surface area (Å²) in [5.74, 6) is 1.26. The quantitative estimate of drug-likeness (QED) is 0.743. The Morgan fingerprint density at radius 2 is 2.41 bits per heavy atom. The molecule has 0 spiro atoms. The zero-order valence-corrected chi connectivity index (χ0v) is 9.77. The topological polar surface area (TPSA) is 73.8 Å². The molecule has 17 heavy (non-hydrogen) atoms. The molecular weight excluding hydrogens is 216 g/mol. The van der Waals surface area contributed by atoms with E-state index >= 15 is 0 Å². The van der Waals surface area contributed by atoms with Crippen molar-refractivity contribution >= 4 is 16.9 Å². The van der Waals surface area contributed by atoms with Gasteiger partial charge in [-0.15, -0.1) is 0 Å². The van der Waals surface area contributed by atoms with Crippen LogP contribution in [0, 0.1) is 5.92 Å². The lowest BCUT2D eigenvalue weighted by Crippen LogP contribution is -2.08. The van der Waals surface area contributed by atoms with Crippen molar-refractivity contribution < 1.29 is 5.11 Å². The van der Waals surface area contributed by atoms with Crippen LogP contribution in [0.1, 0.15) is 18.9 Å². The number of rotatable bonds is 4. The van der Waals surface area contributed by atoms with Crippen LogP contribution in [0.5, 0.6) is 0 Å². The Hall–Kier alpha value is -1.62. The second-order valence-electron chi connectivity index (χ2n) is 4.54. The third kappa shape index (κ3) is 1.76. The maximum atomic E-state index is 9.05. The molecule has 0 amide bonds. The molecule has 2 atom stereocenters. The van der Waals surface area contributed by atoms with Crippen LogP contribution in [-0.4, -0.2) is 32.7 Å². The van der Waals surface area contributed by atoms with Gasteiger partial charge in [0.05, 0.1) is 5.39 Å². The minimum Gasteiger partial charge on any atom is -0.396 e. The van der Waals surface area contributed by atoms with Gasteiger partial charge in [0.1, 0.15) is 17.8 Å². The summed E-state index contributed by atoms with van der Waals surface area (Å²) in [6, 6.07) is 0.359. The molecule has 0 radical (unpaired) electrons.